The average molecular weight is 395 g/mol. The number of nitrogens with one attached hydrogen (secondary N) is 1. The Balaban J connectivity index is 2.46. The summed E-state index contributed by atoms with van der Waals surface area (Å²) in [4.78, 5) is 10.9. The first-order valence-corrected chi connectivity index (χ1v) is 8.97. The highest BCUT2D eigenvalue weighted by molar-refractivity contribution is 5.74. The van der Waals surface area contributed by atoms with Gasteiger partial charge in [0.2, 0.25) is 0 Å². The molecule has 0 aliphatic heterocycles. The normalized spacial score (nSPS) is 11.4. The minimum Gasteiger partial charge on any atom is -0.496 e. The Kier molecular flexibility index (Phi) is 7.45. The predicted octanol–water partition coefficient (Wildman–Crippen LogP) is 4.60. The summed E-state index contributed by atoms with van der Waals surface area (Å²) >= 11 is 0. The lowest BCUT2D eigenvalue weighted by Gasteiger charge is -2.17. The number of halogens is 3. The van der Waals surface area contributed by atoms with Gasteiger partial charge in [0.15, 0.2) is 0 Å². The zero-order chi connectivity index (χ0) is 20.7. The molecular weight excluding hydrogens is 371 g/mol. The average Bonchev–Trinajstić information content (AvgIpc) is 2.65. The van der Waals surface area contributed by atoms with Crippen molar-refractivity contribution in [2.24, 2.45) is 0 Å². The first kappa shape index (κ1) is 21.8. The van der Waals surface area contributed by atoms with Gasteiger partial charge in [-0.2, -0.15) is 13.2 Å². The molecule has 0 aliphatic rings. The van der Waals surface area contributed by atoms with Gasteiger partial charge in [0.25, 0.3) is 0 Å². The number of methoxy groups -OCH3 is 1. The number of carbonyl (C=O) groups is 1. The highest BCUT2D eigenvalue weighted by Gasteiger charge is 2.31. The quantitative estimate of drug-likeness (QED) is 0.664. The molecule has 4 nitrogen and oxygen atoms in total. The van der Waals surface area contributed by atoms with Crippen molar-refractivity contribution in [1.82, 2.24) is 5.32 Å². The number of hydrogen-bond donors (Lipinski definition) is 1. The van der Waals surface area contributed by atoms with Gasteiger partial charge in [0.05, 0.1) is 19.3 Å². The topological polar surface area (TPSA) is 47.6 Å². The second kappa shape index (κ2) is 9.59. The highest BCUT2D eigenvalue weighted by Crippen LogP contribution is 2.37. The van der Waals surface area contributed by atoms with Gasteiger partial charge in [0.1, 0.15) is 5.75 Å². The van der Waals surface area contributed by atoms with Crippen LogP contribution in [0.2, 0.25) is 0 Å². The molecule has 0 atom stereocenters. The molecular formula is C21H24F3NO3. The molecule has 0 unspecified atom stereocenters. The zero-order valence-electron chi connectivity index (χ0n) is 16.2. The van der Waals surface area contributed by atoms with E-state index in [1.807, 2.05) is 19.1 Å². The summed E-state index contributed by atoms with van der Waals surface area (Å²) in [6.45, 7) is 4.41. The number of ether oxygens (including phenoxy) is 2. The largest absolute Gasteiger partial charge is 0.496 e. The molecule has 152 valence electrons. The van der Waals surface area contributed by atoms with Gasteiger partial charge in [-0.15, -0.1) is 0 Å². The molecule has 0 bridgehead atoms. The van der Waals surface area contributed by atoms with Gasteiger partial charge in [-0.3, -0.25) is 4.79 Å². The fraction of sp³-hybridized carbons (Fsp3) is 0.381. The summed E-state index contributed by atoms with van der Waals surface area (Å²) in [6, 6.07) is 9.20. The van der Waals surface area contributed by atoms with Crippen molar-refractivity contribution in [1.29, 1.82) is 0 Å². The summed E-state index contributed by atoms with van der Waals surface area (Å²) < 4.78 is 49.9. The van der Waals surface area contributed by atoms with Gasteiger partial charge in [-0.25, -0.2) is 0 Å². The first-order valence-electron chi connectivity index (χ1n) is 8.97. The van der Waals surface area contributed by atoms with E-state index in [9.17, 15) is 18.0 Å². The Morgan fingerprint density at radius 3 is 2.46 bits per heavy atom. The molecule has 0 saturated heterocycles. The molecule has 2 aromatic carbocycles. The van der Waals surface area contributed by atoms with Gasteiger partial charge in [0, 0.05) is 25.5 Å². The van der Waals surface area contributed by atoms with E-state index in [0.29, 0.717) is 42.0 Å². The Labute approximate surface area is 162 Å². The number of benzene rings is 2. The van der Waals surface area contributed by atoms with Crippen molar-refractivity contribution in [3.05, 3.63) is 53.1 Å². The van der Waals surface area contributed by atoms with E-state index < -0.39 is 11.7 Å². The molecule has 7 heteroatoms. The molecule has 0 amide bonds. The van der Waals surface area contributed by atoms with Crippen LogP contribution in [0.4, 0.5) is 13.2 Å². The number of rotatable bonds is 8. The lowest BCUT2D eigenvalue weighted by molar-refractivity contribution is -0.141. The Hall–Kier alpha value is -2.54. The van der Waals surface area contributed by atoms with Gasteiger partial charge in [-0.05, 0) is 47.5 Å². The minimum atomic E-state index is -4.41. The van der Waals surface area contributed by atoms with Crippen molar-refractivity contribution >= 4 is 5.97 Å². The van der Waals surface area contributed by atoms with E-state index in [2.05, 4.69) is 5.32 Å². The lowest BCUT2D eigenvalue weighted by atomic mass is 9.94. The van der Waals surface area contributed by atoms with E-state index in [1.165, 1.54) is 26.2 Å². The van der Waals surface area contributed by atoms with Crippen LogP contribution in [0.25, 0.3) is 11.1 Å². The summed E-state index contributed by atoms with van der Waals surface area (Å²) in [6.07, 6.45) is -3.91. The monoisotopic (exact) mass is 395 g/mol. The smallest absolute Gasteiger partial charge is 0.416 e. The van der Waals surface area contributed by atoms with Gasteiger partial charge < -0.3 is 14.8 Å². The van der Waals surface area contributed by atoms with Crippen LogP contribution in [-0.2, 0) is 28.7 Å². The number of alkyl halides is 3. The summed E-state index contributed by atoms with van der Waals surface area (Å²) in [7, 11) is 1.52. The van der Waals surface area contributed by atoms with Gasteiger partial charge in [-0.1, -0.05) is 19.1 Å². The number of hydrogen-bond acceptors (Lipinski definition) is 4. The molecule has 0 aliphatic carbocycles. The second-order valence-corrected chi connectivity index (χ2v) is 6.27. The fourth-order valence-corrected chi connectivity index (χ4v) is 2.87. The van der Waals surface area contributed by atoms with E-state index in [0.717, 1.165) is 11.6 Å². The molecule has 28 heavy (non-hydrogen) atoms. The molecule has 0 fully saturated rings. The third-order valence-corrected chi connectivity index (χ3v) is 4.25. The van der Waals surface area contributed by atoms with Crippen molar-refractivity contribution in [2.75, 3.05) is 20.3 Å². The zero-order valence-corrected chi connectivity index (χ0v) is 16.2. The number of esters is 1. The van der Waals surface area contributed by atoms with Crippen molar-refractivity contribution in [2.45, 2.75) is 33.0 Å². The van der Waals surface area contributed by atoms with Crippen LogP contribution in [0.5, 0.6) is 5.75 Å². The van der Waals surface area contributed by atoms with E-state index in [-0.39, 0.29) is 12.6 Å². The van der Waals surface area contributed by atoms with Crippen LogP contribution in [0.1, 0.15) is 30.5 Å². The van der Waals surface area contributed by atoms with E-state index in [1.54, 1.807) is 6.07 Å². The third kappa shape index (κ3) is 5.73. The second-order valence-electron chi connectivity index (χ2n) is 6.27. The maximum Gasteiger partial charge on any atom is 0.416 e. The summed E-state index contributed by atoms with van der Waals surface area (Å²) in [5.41, 5.74) is 2.11. The van der Waals surface area contributed by atoms with Crippen LogP contribution in [0.3, 0.4) is 0 Å². The van der Waals surface area contributed by atoms with E-state index >= 15 is 0 Å². The first-order chi connectivity index (χ1) is 13.3. The Bertz CT molecular complexity index is 819. The van der Waals surface area contributed by atoms with Crippen molar-refractivity contribution < 1.29 is 27.4 Å². The predicted molar refractivity (Wildman–Crippen MR) is 101 cm³/mol. The molecule has 0 spiro atoms. The SMILES string of the molecule is CCNCc1cc(C(F)(F)F)ccc1-c1cc(CCOC(C)=O)ccc1OC. The number of carbonyl (C=O) groups excluding carboxylic acids is 1. The van der Waals surface area contributed by atoms with Crippen molar-refractivity contribution in [3.8, 4) is 16.9 Å². The van der Waals surface area contributed by atoms with Crippen LogP contribution in [0, 0.1) is 0 Å². The highest BCUT2D eigenvalue weighted by atomic mass is 19.4. The molecule has 2 aromatic rings. The molecule has 0 aromatic heterocycles. The molecule has 1 N–H and O–H groups in total. The maximum atomic E-state index is 13.2. The van der Waals surface area contributed by atoms with Crippen LogP contribution < -0.4 is 10.1 Å². The fourth-order valence-electron chi connectivity index (χ4n) is 2.87. The minimum absolute atomic E-state index is 0.234. The van der Waals surface area contributed by atoms with Crippen LogP contribution in [0.15, 0.2) is 36.4 Å². The standard InChI is InChI=1S/C21H24F3NO3/c1-4-25-13-16-12-17(21(22,23)24)6-7-18(16)19-11-15(5-8-20(19)27-3)9-10-28-14(2)26/h5-8,11-12,25H,4,9-10,13H2,1-3H3. The molecule has 0 saturated carbocycles. The lowest BCUT2D eigenvalue weighted by Crippen LogP contribution is -2.14. The van der Waals surface area contributed by atoms with E-state index in [4.69, 9.17) is 9.47 Å². The van der Waals surface area contributed by atoms with Crippen LogP contribution in [-0.4, -0.2) is 26.2 Å². The third-order valence-electron chi connectivity index (χ3n) is 4.25. The Morgan fingerprint density at radius 1 is 1.11 bits per heavy atom. The summed E-state index contributed by atoms with van der Waals surface area (Å²) in [5, 5.41) is 3.09. The Morgan fingerprint density at radius 2 is 1.86 bits per heavy atom. The molecule has 0 radical (unpaired) electrons. The maximum absolute atomic E-state index is 13.2. The summed E-state index contributed by atoms with van der Waals surface area (Å²) in [5.74, 6) is 0.207. The van der Waals surface area contributed by atoms with Crippen LogP contribution >= 0.6 is 0 Å². The van der Waals surface area contributed by atoms with Crippen molar-refractivity contribution in [3.63, 3.8) is 0 Å². The molecule has 2 rings (SSSR count). The van der Waals surface area contributed by atoms with Gasteiger partial charge >= 0.3 is 12.1 Å². The molecule has 0 heterocycles.